The average molecular weight is 248 g/mol. The number of piperazine rings is 1. The molecule has 1 aromatic rings. The lowest BCUT2D eigenvalue weighted by molar-refractivity contribution is -0.144. The van der Waals surface area contributed by atoms with Crippen LogP contribution in [0, 0.1) is 6.92 Å². The van der Waals surface area contributed by atoms with Crippen LogP contribution in [0.5, 0.6) is 0 Å². The summed E-state index contributed by atoms with van der Waals surface area (Å²) in [7, 11) is 1.66. The van der Waals surface area contributed by atoms with Gasteiger partial charge in [0.2, 0.25) is 5.91 Å². The van der Waals surface area contributed by atoms with Gasteiger partial charge >= 0.3 is 5.97 Å². The molecule has 0 spiro atoms. The van der Waals surface area contributed by atoms with Gasteiger partial charge in [-0.05, 0) is 31.7 Å². The summed E-state index contributed by atoms with van der Waals surface area (Å²) in [6.07, 6.45) is 0. The minimum absolute atomic E-state index is 0.0689. The van der Waals surface area contributed by atoms with Gasteiger partial charge in [-0.3, -0.25) is 14.5 Å². The van der Waals surface area contributed by atoms with Gasteiger partial charge in [0.1, 0.15) is 6.04 Å². The Morgan fingerprint density at radius 1 is 1.44 bits per heavy atom. The van der Waals surface area contributed by atoms with Crippen LogP contribution in [0.2, 0.25) is 0 Å². The number of carbonyl (C=O) groups excluding carboxylic acids is 1. The molecule has 1 atom stereocenters. The quantitative estimate of drug-likeness (QED) is 0.838. The molecule has 0 bridgehead atoms. The Hall–Kier alpha value is -1.88. The molecule has 0 aromatic heterocycles. The Kier molecular flexibility index (Phi) is 3.34. The van der Waals surface area contributed by atoms with Gasteiger partial charge in [-0.15, -0.1) is 0 Å². The zero-order valence-electron chi connectivity index (χ0n) is 10.5. The third-order valence-corrected chi connectivity index (χ3v) is 3.17. The molecule has 96 valence electrons. The molecular weight excluding hydrogens is 232 g/mol. The molecule has 1 fully saturated rings. The molecule has 1 unspecified atom stereocenters. The first-order valence-corrected chi connectivity index (χ1v) is 5.79. The number of rotatable bonds is 2. The predicted octanol–water partition coefficient (Wildman–Crippen LogP) is 0.727. The first kappa shape index (κ1) is 12.6. The van der Waals surface area contributed by atoms with Crippen molar-refractivity contribution in [2.24, 2.45) is 0 Å². The fourth-order valence-corrected chi connectivity index (χ4v) is 2.13. The lowest BCUT2D eigenvalue weighted by atomic mass is 10.1. The van der Waals surface area contributed by atoms with Crippen molar-refractivity contribution >= 4 is 17.6 Å². The summed E-state index contributed by atoms with van der Waals surface area (Å²) < 4.78 is 0. The van der Waals surface area contributed by atoms with E-state index in [4.69, 9.17) is 5.11 Å². The zero-order chi connectivity index (χ0) is 13.3. The molecule has 0 radical (unpaired) electrons. The van der Waals surface area contributed by atoms with E-state index in [0.717, 1.165) is 11.3 Å². The second kappa shape index (κ2) is 4.78. The van der Waals surface area contributed by atoms with Crippen molar-refractivity contribution in [1.82, 2.24) is 4.90 Å². The van der Waals surface area contributed by atoms with Crippen LogP contribution >= 0.6 is 0 Å². The summed E-state index contributed by atoms with van der Waals surface area (Å²) in [5.41, 5.74) is 1.81. The smallest absolute Gasteiger partial charge is 0.322 e. The minimum Gasteiger partial charge on any atom is -0.480 e. The first-order valence-electron chi connectivity index (χ1n) is 5.79. The number of carbonyl (C=O) groups is 2. The van der Waals surface area contributed by atoms with Crippen molar-refractivity contribution in [2.75, 3.05) is 25.0 Å². The number of aliphatic carboxylic acids is 1. The number of likely N-dealkylation sites (N-methyl/N-ethyl adjacent to an activating group) is 1. The molecule has 1 amide bonds. The highest BCUT2D eigenvalue weighted by Gasteiger charge is 2.34. The third-order valence-electron chi connectivity index (χ3n) is 3.17. The van der Waals surface area contributed by atoms with Crippen LogP contribution in [0.3, 0.4) is 0 Å². The molecule has 5 heteroatoms. The van der Waals surface area contributed by atoms with Crippen LogP contribution in [0.4, 0.5) is 5.69 Å². The Morgan fingerprint density at radius 3 is 2.78 bits per heavy atom. The number of nitrogens with zero attached hydrogens (tertiary/aromatic N) is 2. The van der Waals surface area contributed by atoms with Crippen molar-refractivity contribution in [3.63, 3.8) is 0 Å². The van der Waals surface area contributed by atoms with Crippen LogP contribution in [-0.4, -0.2) is 48.1 Å². The highest BCUT2D eigenvalue weighted by molar-refractivity contribution is 5.97. The molecule has 0 aliphatic carbocycles. The maximum atomic E-state index is 12.0. The fraction of sp³-hybridized carbons (Fsp3) is 0.385. The Bertz CT molecular complexity index is 487. The number of carboxylic acids is 1. The Labute approximate surface area is 106 Å². The van der Waals surface area contributed by atoms with Gasteiger partial charge in [0.15, 0.2) is 0 Å². The third kappa shape index (κ3) is 2.36. The highest BCUT2D eigenvalue weighted by Crippen LogP contribution is 2.20. The molecule has 1 saturated heterocycles. The van der Waals surface area contributed by atoms with Crippen LogP contribution < -0.4 is 4.90 Å². The summed E-state index contributed by atoms with van der Waals surface area (Å²) in [5, 5.41) is 9.13. The summed E-state index contributed by atoms with van der Waals surface area (Å²) in [6, 6.07) is 6.88. The van der Waals surface area contributed by atoms with Gasteiger partial charge in [-0.25, -0.2) is 0 Å². The molecular formula is C13H16N2O3. The summed E-state index contributed by atoms with van der Waals surface area (Å²) >= 11 is 0. The van der Waals surface area contributed by atoms with Crippen molar-refractivity contribution in [1.29, 1.82) is 0 Å². The van der Waals surface area contributed by atoms with Gasteiger partial charge in [0.05, 0.1) is 13.1 Å². The van der Waals surface area contributed by atoms with E-state index in [-0.39, 0.29) is 19.0 Å². The fourth-order valence-electron chi connectivity index (χ4n) is 2.13. The van der Waals surface area contributed by atoms with Gasteiger partial charge in [0.25, 0.3) is 0 Å². The number of carboxylic acid groups (broad SMARTS) is 1. The van der Waals surface area contributed by atoms with Crippen LogP contribution in [-0.2, 0) is 9.59 Å². The van der Waals surface area contributed by atoms with Gasteiger partial charge in [0, 0.05) is 5.69 Å². The van der Waals surface area contributed by atoms with Crippen molar-refractivity contribution in [3.05, 3.63) is 29.8 Å². The monoisotopic (exact) mass is 248 g/mol. The van der Waals surface area contributed by atoms with E-state index in [2.05, 4.69) is 0 Å². The van der Waals surface area contributed by atoms with Gasteiger partial charge < -0.3 is 10.0 Å². The van der Waals surface area contributed by atoms with E-state index >= 15 is 0 Å². The van der Waals surface area contributed by atoms with Crippen molar-refractivity contribution in [3.8, 4) is 0 Å². The van der Waals surface area contributed by atoms with E-state index < -0.39 is 12.0 Å². The van der Waals surface area contributed by atoms with E-state index in [9.17, 15) is 9.59 Å². The van der Waals surface area contributed by atoms with E-state index in [1.807, 2.05) is 31.2 Å². The van der Waals surface area contributed by atoms with Gasteiger partial charge in [-0.2, -0.15) is 0 Å². The predicted molar refractivity (Wildman–Crippen MR) is 67.6 cm³/mol. The van der Waals surface area contributed by atoms with Crippen LogP contribution in [0.25, 0.3) is 0 Å². The Morgan fingerprint density at radius 2 is 2.17 bits per heavy atom. The molecule has 1 aliphatic rings. The Balaban J connectivity index is 2.27. The largest absolute Gasteiger partial charge is 0.480 e. The molecule has 1 aromatic carbocycles. The van der Waals surface area contributed by atoms with Crippen molar-refractivity contribution < 1.29 is 14.7 Å². The SMILES string of the molecule is Cc1cccc(N2CC(C(=O)O)N(C)CC2=O)c1. The summed E-state index contributed by atoms with van der Waals surface area (Å²) in [4.78, 5) is 26.2. The average Bonchev–Trinajstić information content (AvgIpc) is 2.28. The first-order chi connectivity index (χ1) is 8.49. The number of anilines is 1. The highest BCUT2D eigenvalue weighted by atomic mass is 16.4. The summed E-state index contributed by atoms with van der Waals surface area (Å²) in [6.45, 7) is 2.26. The van der Waals surface area contributed by atoms with E-state index in [1.54, 1.807) is 16.8 Å². The zero-order valence-corrected chi connectivity index (χ0v) is 10.5. The number of hydrogen-bond donors (Lipinski definition) is 1. The lowest BCUT2D eigenvalue weighted by Crippen LogP contribution is -2.57. The second-order valence-corrected chi connectivity index (χ2v) is 4.61. The molecule has 1 N–H and O–H groups in total. The molecule has 18 heavy (non-hydrogen) atoms. The topological polar surface area (TPSA) is 60.9 Å². The number of benzene rings is 1. The number of aryl methyl sites for hydroxylation is 1. The second-order valence-electron chi connectivity index (χ2n) is 4.61. The van der Waals surface area contributed by atoms with Gasteiger partial charge in [-0.1, -0.05) is 12.1 Å². The molecule has 0 saturated carbocycles. The molecule has 5 nitrogen and oxygen atoms in total. The van der Waals surface area contributed by atoms with Crippen molar-refractivity contribution in [2.45, 2.75) is 13.0 Å². The van der Waals surface area contributed by atoms with Crippen LogP contribution in [0.15, 0.2) is 24.3 Å². The normalized spacial score (nSPS) is 21.1. The molecule has 1 aliphatic heterocycles. The van der Waals surface area contributed by atoms with Crippen LogP contribution in [0.1, 0.15) is 5.56 Å². The lowest BCUT2D eigenvalue weighted by Gasteiger charge is -2.36. The molecule has 1 heterocycles. The minimum atomic E-state index is -0.900. The number of hydrogen-bond acceptors (Lipinski definition) is 3. The maximum Gasteiger partial charge on any atom is 0.322 e. The number of amides is 1. The maximum absolute atomic E-state index is 12.0. The van der Waals surface area contributed by atoms with E-state index in [0.29, 0.717) is 0 Å². The standard InChI is InChI=1S/C13H16N2O3/c1-9-4-3-5-10(6-9)15-7-11(13(17)18)14(2)8-12(15)16/h3-6,11H,7-8H2,1-2H3,(H,17,18). The van der Waals surface area contributed by atoms with E-state index in [1.165, 1.54) is 0 Å². The molecule has 2 rings (SSSR count). The summed E-state index contributed by atoms with van der Waals surface area (Å²) in [5.74, 6) is -0.969.